The number of hydrogen-bond donors (Lipinski definition) is 3. The Balaban J connectivity index is 1.89. The topological polar surface area (TPSA) is 70.2 Å². The van der Waals surface area contributed by atoms with Crippen LogP contribution in [0.25, 0.3) is 0 Å². The van der Waals surface area contributed by atoms with Crippen LogP contribution in [0, 0.1) is 0 Å². The molecule has 2 aromatic carbocycles. The van der Waals surface area contributed by atoms with Crippen LogP contribution in [0.3, 0.4) is 0 Å². The highest BCUT2D eigenvalue weighted by atomic mass is 16.2. The lowest BCUT2D eigenvalue weighted by molar-refractivity contribution is -0.116. The maximum atomic E-state index is 13.0. The van der Waals surface area contributed by atoms with Crippen LogP contribution in [0.1, 0.15) is 41.7 Å². The van der Waals surface area contributed by atoms with E-state index in [0.717, 1.165) is 12.0 Å². The lowest BCUT2D eigenvalue weighted by Gasteiger charge is -2.20. The van der Waals surface area contributed by atoms with Crippen LogP contribution in [0.15, 0.2) is 61.2 Å². The molecule has 5 nitrogen and oxygen atoms in total. The molecule has 0 bridgehead atoms. The van der Waals surface area contributed by atoms with Crippen molar-refractivity contribution < 1.29 is 9.59 Å². The van der Waals surface area contributed by atoms with Gasteiger partial charge in [-0.15, -0.1) is 6.58 Å². The zero-order valence-corrected chi connectivity index (χ0v) is 14.8. The molecule has 5 heteroatoms. The lowest BCUT2D eigenvalue weighted by atomic mass is 10.0. The fraction of sp³-hybridized carbons (Fsp3) is 0.238. The van der Waals surface area contributed by atoms with Crippen molar-refractivity contribution in [1.82, 2.24) is 5.32 Å². The van der Waals surface area contributed by atoms with Gasteiger partial charge in [-0.3, -0.25) is 9.59 Å². The van der Waals surface area contributed by atoms with Crippen LogP contribution >= 0.6 is 0 Å². The molecule has 2 atom stereocenters. The minimum Gasteiger partial charge on any atom is -0.376 e. The van der Waals surface area contributed by atoms with Crippen molar-refractivity contribution in [3.05, 3.63) is 72.3 Å². The summed E-state index contributed by atoms with van der Waals surface area (Å²) in [6, 6.07) is 14.9. The smallest absolute Gasteiger partial charge is 0.253 e. The normalized spacial score (nSPS) is 17.1. The molecule has 0 saturated carbocycles. The third-order valence-electron chi connectivity index (χ3n) is 4.52. The van der Waals surface area contributed by atoms with E-state index in [1.54, 1.807) is 24.3 Å². The predicted octanol–water partition coefficient (Wildman–Crippen LogP) is 3.88. The van der Waals surface area contributed by atoms with E-state index in [1.807, 2.05) is 37.3 Å². The molecule has 3 rings (SSSR count). The van der Waals surface area contributed by atoms with E-state index >= 15 is 0 Å². The molecule has 1 aliphatic heterocycles. The second-order valence-corrected chi connectivity index (χ2v) is 6.31. The summed E-state index contributed by atoms with van der Waals surface area (Å²) in [5.74, 6) is -0.279. The molecule has 0 aliphatic carbocycles. The quantitative estimate of drug-likeness (QED) is 0.718. The highest BCUT2D eigenvalue weighted by molar-refractivity contribution is 6.06. The number of hydrogen-bond acceptors (Lipinski definition) is 3. The molecule has 0 aromatic heterocycles. The van der Waals surface area contributed by atoms with Crippen LogP contribution in [-0.4, -0.2) is 17.9 Å². The number of anilines is 2. The fourth-order valence-electron chi connectivity index (χ4n) is 3.12. The summed E-state index contributed by atoms with van der Waals surface area (Å²) in [4.78, 5) is 25.0. The average Bonchev–Trinajstić information content (AvgIpc) is 2.83. The summed E-state index contributed by atoms with van der Waals surface area (Å²) >= 11 is 0. The third-order valence-corrected chi connectivity index (χ3v) is 4.52. The van der Waals surface area contributed by atoms with Gasteiger partial charge in [-0.2, -0.15) is 0 Å². The van der Waals surface area contributed by atoms with Crippen molar-refractivity contribution in [3.8, 4) is 0 Å². The number of carbonyl (C=O) groups is 2. The number of carbonyl (C=O) groups excluding carboxylic acids is 2. The van der Waals surface area contributed by atoms with Crippen molar-refractivity contribution in [2.24, 2.45) is 0 Å². The van der Waals surface area contributed by atoms with Gasteiger partial charge in [-0.25, -0.2) is 0 Å². The van der Waals surface area contributed by atoms with Gasteiger partial charge in [0.05, 0.1) is 35.4 Å². The van der Waals surface area contributed by atoms with Crippen molar-refractivity contribution >= 4 is 23.2 Å². The van der Waals surface area contributed by atoms with Crippen LogP contribution in [-0.2, 0) is 4.79 Å². The first-order chi connectivity index (χ1) is 12.6. The van der Waals surface area contributed by atoms with Gasteiger partial charge in [0.2, 0.25) is 5.91 Å². The molecule has 0 spiro atoms. The minimum atomic E-state index is -0.221. The Kier molecular flexibility index (Phi) is 5.37. The van der Waals surface area contributed by atoms with Crippen molar-refractivity contribution in [3.63, 3.8) is 0 Å². The van der Waals surface area contributed by atoms with E-state index in [-0.39, 0.29) is 30.3 Å². The number of benzene rings is 2. The van der Waals surface area contributed by atoms with E-state index in [9.17, 15) is 9.59 Å². The van der Waals surface area contributed by atoms with Crippen LogP contribution < -0.4 is 16.0 Å². The van der Waals surface area contributed by atoms with Crippen LogP contribution in [0.2, 0.25) is 0 Å². The number of rotatable bonds is 5. The highest BCUT2D eigenvalue weighted by Gasteiger charge is 2.24. The second-order valence-electron chi connectivity index (χ2n) is 6.31. The average molecular weight is 349 g/mol. The van der Waals surface area contributed by atoms with Gasteiger partial charge in [0.25, 0.3) is 5.91 Å². The monoisotopic (exact) mass is 349 g/mol. The van der Waals surface area contributed by atoms with E-state index in [4.69, 9.17) is 0 Å². The van der Waals surface area contributed by atoms with Crippen molar-refractivity contribution in [2.75, 3.05) is 10.6 Å². The minimum absolute atomic E-state index is 0.0740. The standard InChI is InChI=1S/C21H23N3O2/c1-3-15-13-19(25)23-18-12-8-11-16(20(18)22-15)21(26)24-17(4-2)14-9-6-5-7-10-14/h3,5-12,15,17,22H,1,4,13H2,2H3,(H,23,25)(H,24,26)/t15-,17-/m1/s1. The molecule has 0 fully saturated rings. The van der Waals surface area contributed by atoms with Gasteiger partial charge >= 0.3 is 0 Å². The molecule has 0 unspecified atom stereocenters. The Hall–Kier alpha value is -3.08. The summed E-state index contributed by atoms with van der Waals surface area (Å²) in [5, 5.41) is 9.21. The summed E-state index contributed by atoms with van der Waals surface area (Å²) in [6.45, 7) is 5.80. The molecule has 134 valence electrons. The van der Waals surface area contributed by atoms with Gasteiger partial charge < -0.3 is 16.0 Å². The maximum absolute atomic E-state index is 13.0. The molecule has 1 aliphatic rings. The van der Waals surface area contributed by atoms with E-state index in [2.05, 4.69) is 22.5 Å². The van der Waals surface area contributed by atoms with E-state index in [1.165, 1.54) is 0 Å². The summed E-state index contributed by atoms with van der Waals surface area (Å²) in [7, 11) is 0. The van der Waals surface area contributed by atoms with Gasteiger partial charge in [-0.1, -0.05) is 49.4 Å². The zero-order chi connectivity index (χ0) is 18.5. The molecule has 2 aromatic rings. The first kappa shape index (κ1) is 17.7. The molecule has 0 radical (unpaired) electrons. The SMILES string of the molecule is C=C[C@@H]1CC(=O)Nc2cccc(C(=O)N[C@H](CC)c3ccccc3)c2N1. The number of para-hydroxylation sites is 1. The number of nitrogens with one attached hydrogen (secondary N) is 3. The first-order valence-corrected chi connectivity index (χ1v) is 8.80. The van der Waals surface area contributed by atoms with E-state index < -0.39 is 0 Å². The van der Waals surface area contributed by atoms with E-state index in [0.29, 0.717) is 16.9 Å². The fourth-order valence-corrected chi connectivity index (χ4v) is 3.12. The molecule has 26 heavy (non-hydrogen) atoms. The van der Waals surface area contributed by atoms with Crippen LogP contribution in [0.4, 0.5) is 11.4 Å². The van der Waals surface area contributed by atoms with Gasteiger partial charge in [0.15, 0.2) is 0 Å². The number of fused-ring (bicyclic) bond motifs is 1. The molecule has 1 heterocycles. The molecule has 3 N–H and O–H groups in total. The van der Waals surface area contributed by atoms with Crippen molar-refractivity contribution in [1.29, 1.82) is 0 Å². The van der Waals surface area contributed by atoms with Gasteiger partial charge in [0, 0.05) is 0 Å². The Morgan fingerprint density at radius 1 is 1.27 bits per heavy atom. The summed E-state index contributed by atoms with van der Waals surface area (Å²) in [6.07, 6.45) is 2.74. The molecule has 2 amide bonds. The van der Waals surface area contributed by atoms with Gasteiger partial charge in [-0.05, 0) is 24.1 Å². The number of amides is 2. The largest absolute Gasteiger partial charge is 0.376 e. The Labute approximate surface area is 153 Å². The Bertz CT molecular complexity index is 817. The summed E-state index contributed by atoms with van der Waals surface area (Å²) in [5.41, 5.74) is 2.81. The third kappa shape index (κ3) is 3.77. The molecular weight excluding hydrogens is 326 g/mol. The van der Waals surface area contributed by atoms with Gasteiger partial charge in [0.1, 0.15) is 0 Å². The van der Waals surface area contributed by atoms with Crippen molar-refractivity contribution in [2.45, 2.75) is 31.8 Å². The summed E-state index contributed by atoms with van der Waals surface area (Å²) < 4.78 is 0. The maximum Gasteiger partial charge on any atom is 0.253 e. The Morgan fingerprint density at radius 2 is 2.04 bits per heavy atom. The van der Waals surface area contributed by atoms with Crippen LogP contribution in [0.5, 0.6) is 0 Å². The highest BCUT2D eigenvalue weighted by Crippen LogP contribution is 2.31. The second kappa shape index (κ2) is 7.87. The molecular formula is C21H23N3O2. The lowest BCUT2D eigenvalue weighted by Crippen LogP contribution is -2.29. The molecule has 0 saturated heterocycles. The first-order valence-electron chi connectivity index (χ1n) is 8.80. The zero-order valence-electron chi connectivity index (χ0n) is 14.8. The Morgan fingerprint density at radius 3 is 2.73 bits per heavy atom. The predicted molar refractivity (Wildman–Crippen MR) is 104 cm³/mol.